The minimum atomic E-state index is -0.347. The van der Waals surface area contributed by atoms with E-state index in [0.29, 0.717) is 22.6 Å². The fraction of sp³-hybridized carbons (Fsp3) is 0.143. The lowest BCUT2D eigenvalue weighted by atomic mass is 10.2. The highest BCUT2D eigenvalue weighted by Crippen LogP contribution is 2.27. The Bertz CT molecular complexity index is 822. The Morgan fingerprint density at radius 1 is 0.815 bits per heavy atom. The van der Waals surface area contributed by atoms with E-state index in [1.165, 1.54) is 38.5 Å². The molecular weight excluding hydrogens is 360 g/mol. The number of phenolic OH excluding ortho intramolecular Hbond substituents is 2. The number of carbonyl (C=O) groups excluding carboxylic acids is 2. The van der Waals surface area contributed by atoms with Crippen LogP contribution >= 0.6 is 0 Å². The van der Waals surface area contributed by atoms with Crippen molar-refractivity contribution in [2.45, 2.75) is 6.42 Å². The zero-order valence-corrected chi connectivity index (χ0v) is 15.0. The summed E-state index contributed by atoms with van der Waals surface area (Å²) in [4.78, 5) is 23.9. The molecule has 0 fully saturated rings. The van der Waals surface area contributed by atoms with Crippen LogP contribution < -0.4 is 9.47 Å². The lowest BCUT2D eigenvalue weighted by Crippen LogP contribution is -2.01. The number of rotatable bonds is 8. The Kier molecular flexibility index (Phi) is 6.77. The van der Waals surface area contributed by atoms with E-state index >= 15 is 0 Å². The summed E-state index contributed by atoms with van der Waals surface area (Å²) < 4.78 is 10.00. The maximum absolute atomic E-state index is 11.9. The molecule has 0 aliphatic rings. The van der Waals surface area contributed by atoms with Crippen molar-refractivity contribution < 1.29 is 29.3 Å². The van der Waals surface area contributed by atoms with Crippen LogP contribution in [-0.4, -0.2) is 36.0 Å². The number of ether oxygens (including phenoxy) is 2. The van der Waals surface area contributed by atoms with Gasteiger partial charge in [0.1, 0.15) is 0 Å². The first-order chi connectivity index (χ1) is 12.9. The third-order valence-corrected chi connectivity index (χ3v) is 3.68. The SMILES string of the molecule is CO[13c]1[13cH][13c](/C=C/C(=O)CC(=O)/C=C/[13c]2[13cH][13cH][13c](O)[13c](OC)[13cH]2)[13cH][13cH][13c]1O. The Morgan fingerprint density at radius 2 is 1.22 bits per heavy atom. The molecule has 0 aliphatic heterocycles. The number of hydrogen-bond acceptors (Lipinski definition) is 6. The number of carbonyl (C=O) groups is 2. The number of phenols is 2. The number of benzene rings is 2. The van der Waals surface area contributed by atoms with Gasteiger partial charge < -0.3 is 19.7 Å². The van der Waals surface area contributed by atoms with E-state index in [-0.39, 0.29) is 29.5 Å². The molecule has 0 radical (unpaired) electrons. The molecule has 2 aromatic carbocycles. The van der Waals surface area contributed by atoms with E-state index in [2.05, 4.69) is 0 Å². The van der Waals surface area contributed by atoms with Crippen LogP contribution in [0.2, 0.25) is 0 Å². The van der Waals surface area contributed by atoms with Gasteiger partial charge in [-0.15, -0.1) is 0 Å². The Hall–Kier alpha value is -3.54. The van der Waals surface area contributed by atoms with Crippen molar-refractivity contribution in [3.63, 3.8) is 0 Å². The van der Waals surface area contributed by atoms with Gasteiger partial charge in [0.15, 0.2) is 34.6 Å². The van der Waals surface area contributed by atoms with Crippen molar-refractivity contribution in [2.75, 3.05) is 14.2 Å². The van der Waals surface area contributed by atoms with Crippen LogP contribution in [0.3, 0.4) is 0 Å². The molecule has 2 aromatic rings. The van der Waals surface area contributed by atoms with Gasteiger partial charge in [-0.2, -0.15) is 0 Å². The largest absolute Gasteiger partial charge is 0.504 e. The molecule has 0 aliphatic carbocycles. The van der Waals surface area contributed by atoms with E-state index in [1.54, 1.807) is 36.4 Å². The summed E-state index contributed by atoms with van der Waals surface area (Å²) >= 11 is 0. The average molecular weight is 380 g/mol. The van der Waals surface area contributed by atoms with Crippen molar-refractivity contribution in [3.8, 4) is 23.0 Å². The van der Waals surface area contributed by atoms with Crippen molar-refractivity contribution in [1.29, 1.82) is 0 Å². The van der Waals surface area contributed by atoms with Crippen molar-refractivity contribution in [2.24, 2.45) is 0 Å². The molecule has 0 bridgehead atoms. The molecule has 6 nitrogen and oxygen atoms in total. The molecule has 27 heavy (non-hydrogen) atoms. The molecule has 0 unspecified atom stereocenters. The van der Waals surface area contributed by atoms with Crippen molar-refractivity contribution >= 4 is 23.7 Å². The zero-order valence-electron chi connectivity index (χ0n) is 15.0. The molecule has 0 amide bonds. The molecule has 0 atom stereocenters. The second-order valence-corrected chi connectivity index (χ2v) is 5.64. The zero-order chi connectivity index (χ0) is 19.8. The molecule has 0 saturated heterocycles. The molecule has 2 rings (SSSR count). The van der Waals surface area contributed by atoms with E-state index in [1.807, 2.05) is 0 Å². The third-order valence-electron chi connectivity index (χ3n) is 3.68. The van der Waals surface area contributed by atoms with Crippen LogP contribution in [0.4, 0.5) is 0 Å². The number of hydrogen-bond donors (Lipinski definition) is 2. The van der Waals surface area contributed by atoms with E-state index in [4.69, 9.17) is 9.47 Å². The van der Waals surface area contributed by atoms with E-state index < -0.39 is 0 Å². The first-order valence-electron chi connectivity index (χ1n) is 8.08. The monoisotopic (exact) mass is 380 g/mol. The number of aromatic hydroxyl groups is 2. The predicted octanol–water partition coefficient (Wildman–Crippen LogP) is 3.37. The Labute approximate surface area is 157 Å². The van der Waals surface area contributed by atoms with Gasteiger partial charge >= 0.3 is 0 Å². The minimum absolute atomic E-state index is 0.00662. The van der Waals surface area contributed by atoms with Gasteiger partial charge in [0.05, 0.1) is 20.6 Å². The minimum Gasteiger partial charge on any atom is -0.504 e. The van der Waals surface area contributed by atoms with Gasteiger partial charge in [0.2, 0.25) is 0 Å². The molecule has 6 heteroatoms. The molecular formula is C21H20O6. The molecule has 0 spiro atoms. The predicted molar refractivity (Wildman–Crippen MR) is 102 cm³/mol. The topological polar surface area (TPSA) is 93.1 Å². The summed E-state index contributed by atoms with van der Waals surface area (Å²) in [6.45, 7) is 0. The highest BCUT2D eigenvalue weighted by atomic mass is 16.6. The first kappa shape index (κ1) is 19.8. The standard InChI is InChI=1S/C21H20O6/c1-26-20-11-14(5-9-18(20)24)3-7-16(22)13-17(23)8-4-15-6-10-19(25)21(12-15)27-2/h3-12,24-25H,13H2,1-2H3/b7-3+,8-4+/i5+1,6+1,9+1,10+1,11+1,12+1,14+1,15+1,18+1,19+1,20+1,21+1. The van der Waals surface area contributed by atoms with Crippen molar-refractivity contribution in [3.05, 3.63) is 59.7 Å². The second-order valence-electron chi connectivity index (χ2n) is 5.64. The molecule has 0 aromatic heterocycles. The van der Waals surface area contributed by atoms with Crippen LogP contribution in [0.15, 0.2) is 48.6 Å². The third kappa shape index (κ3) is 5.74. The lowest BCUT2D eigenvalue weighted by Gasteiger charge is -2.03. The van der Waals surface area contributed by atoms with Crippen LogP contribution in [0, 0.1) is 0 Å². The number of ketones is 2. The van der Waals surface area contributed by atoms with Gasteiger partial charge in [0, 0.05) is 0 Å². The Balaban J connectivity index is 1.96. The number of methoxy groups -OCH3 is 2. The summed E-state index contributed by atoms with van der Waals surface area (Å²) in [5.41, 5.74) is 1.33. The Morgan fingerprint density at radius 3 is 1.59 bits per heavy atom. The quantitative estimate of drug-likeness (QED) is 0.539. The lowest BCUT2D eigenvalue weighted by molar-refractivity contribution is -0.121. The van der Waals surface area contributed by atoms with E-state index in [0.717, 1.165) is 0 Å². The maximum Gasteiger partial charge on any atom is 0.163 e. The van der Waals surface area contributed by atoms with Crippen LogP contribution in [0.1, 0.15) is 17.5 Å². The van der Waals surface area contributed by atoms with Gasteiger partial charge in [-0.25, -0.2) is 0 Å². The first-order valence-corrected chi connectivity index (χ1v) is 8.08. The molecule has 140 valence electrons. The van der Waals surface area contributed by atoms with Crippen molar-refractivity contribution in [1.82, 2.24) is 0 Å². The van der Waals surface area contributed by atoms with Gasteiger partial charge in [0.25, 0.3) is 0 Å². The smallest absolute Gasteiger partial charge is 0.163 e. The highest BCUT2D eigenvalue weighted by Gasteiger charge is 2.06. The summed E-state index contributed by atoms with van der Waals surface area (Å²) in [5.74, 6) is -0.0832. The van der Waals surface area contributed by atoms with Crippen LogP contribution in [-0.2, 0) is 9.59 Å². The van der Waals surface area contributed by atoms with Crippen LogP contribution in [0.5, 0.6) is 23.0 Å². The second kappa shape index (κ2) is 9.24. The summed E-state index contributed by atoms with van der Waals surface area (Å²) in [6, 6.07) is 9.34. The van der Waals surface area contributed by atoms with E-state index in [9.17, 15) is 19.8 Å². The normalized spacial score (nSPS) is 11.0. The fourth-order valence-electron chi connectivity index (χ4n) is 2.26. The maximum atomic E-state index is 11.9. The highest BCUT2D eigenvalue weighted by molar-refractivity contribution is 6.10. The number of allylic oxidation sites excluding steroid dienone is 2. The molecule has 2 N–H and O–H groups in total. The fourth-order valence-corrected chi connectivity index (χ4v) is 2.26. The van der Waals surface area contributed by atoms with Gasteiger partial charge in [-0.3, -0.25) is 9.59 Å². The summed E-state index contributed by atoms with van der Waals surface area (Å²) in [5, 5.41) is 19.1. The van der Waals surface area contributed by atoms with Crippen LogP contribution in [0.25, 0.3) is 12.2 Å². The molecule has 0 heterocycles. The molecule has 0 saturated carbocycles. The van der Waals surface area contributed by atoms with Gasteiger partial charge in [-0.1, -0.05) is 24.3 Å². The average Bonchev–Trinajstić information content (AvgIpc) is 2.66. The van der Waals surface area contributed by atoms with Gasteiger partial charge in [-0.05, 0) is 47.5 Å². The summed E-state index contributed by atoms with van der Waals surface area (Å²) in [7, 11) is 2.87. The summed E-state index contributed by atoms with van der Waals surface area (Å²) in [6.07, 6.45) is 5.44.